The number of halogens is 1. The van der Waals surface area contributed by atoms with E-state index in [0.717, 1.165) is 6.92 Å². The average molecular weight is 541 g/mol. The maximum Gasteiger partial charge on any atom is 0.490 e. The van der Waals surface area contributed by atoms with E-state index in [1.54, 1.807) is 4.98 Å². The Hall–Kier alpha value is -1.75. The Kier molecular flexibility index (Phi) is 7.90. The zero-order valence-corrected chi connectivity index (χ0v) is 18.6. The minimum atomic E-state index is -5.82. The third-order valence-electron chi connectivity index (χ3n) is 4.01. The predicted molar refractivity (Wildman–Crippen MR) is 98.6 cm³/mol. The molecule has 0 bridgehead atoms. The molecule has 1 aromatic rings. The Morgan fingerprint density at radius 2 is 1.88 bits per heavy atom. The smallest absolute Gasteiger partial charge is 0.389 e. The third kappa shape index (κ3) is 6.65. The maximum absolute atomic E-state index is 13.7. The second-order valence-corrected chi connectivity index (χ2v) is 10.8. The number of phosphoric ester groups is 1. The van der Waals surface area contributed by atoms with Crippen molar-refractivity contribution in [3.63, 3.8) is 0 Å². The van der Waals surface area contributed by atoms with Gasteiger partial charge in [0, 0.05) is 4.91 Å². The zero-order valence-electron chi connectivity index (χ0n) is 15.9. The Labute approximate surface area is 180 Å². The maximum atomic E-state index is 13.7. The fourth-order valence-electron chi connectivity index (χ4n) is 2.69. The number of phosphoric acid groups is 3. The third-order valence-corrected chi connectivity index (χ3v) is 7.81. The number of nitrogens with zero attached hydrogens (tertiary/aromatic N) is 4. The average Bonchev–Trinajstić information content (AvgIpc) is 2.85. The van der Waals surface area contributed by atoms with E-state index < -0.39 is 71.1 Å². The second kappa shape index (κ2) is 9.48. The molecule has 1 fully saturated rings. The van der Waals surface area contributed by atoms with Gasteiger partial charge in [-0.15, -0.1) is 0 Å². The Morgan fingerprint density at radius 1 is 1.27 bits per heavy atom. The van der Waals surface area contributed by atoms with Gasteiger partial charge in [-0.1, -0.05) is 5.11 Å². The summed E-state index contributed by atoms with van der Waals surface area (Å²) in [5.74, 6) is -1.45. The summed E-state index contributed by atoms with van der Waals surface area (Å²) in [5, 5.41) is 13.8. The second-order valence-electron chi connectivity index (χ2n) is 6.42. The zero-order chi connectivity index (χ0) is 25.4. The van der Waals surface area contributed by atoms with E-state index in [2.05, 4.69) is 23.2 Å². The van der Waals surface area contributed by atoms with Crippen LogP contribution in [0.15, 0.2) is 20.9 Å². The lowest BCUT2D eigenvalue weighted by Gasteiger charge is -2.28. The number of hydrogen-bond acceptors (Lipinski definition) is 11. The van der Waals surface area contributed by atoms with E-state index in [-0.39, 0.29) is 0 Å². The van der Waals surface area contributed by atoms with Gasteiger partial charge in [-0.25, -0.2) is 18.5 Å². The van der Waals surface area contributed by atoms with Crippen LogP contribution in [0.2, 0.25) is 0 Å². The van der Waals surface area contributed by atoms with Crippen molar-refractivity contribution in [2.75, 3.05) is 6.61 Å². The SMILES string of the molecule is C[C@@]1(N=[N+]=[N-])[C@H](O)[C@@H](COP(=O)(O)OP(=O)(O)OP(=O)(O)O)O[C@H]1n1cc(F)c(=O)[nH]c1=O. The van der Waals surface area contributed by atoms with E-state index in [9.17, 15) is 37.7 Å². The van der Waals surface area contributed by atoms with E-state index in [4.69, 9.17) is 24.9 Å². The molecule has 2 rings (SSSR count). The Morgan fingerprint density at radius 3 is 2.42 bits per heavy atom. The van der Waals surface area contributed by atoms with Gasteiger partial charge in [0.25, 0.3) is 5.56 Å². The lowest BCUT2D eigenvalue weighted by Crippen LogP contribution is -2.45. The molecule has 1 aliphatic rings. The molecule has 186 valence electrons. The molecule has 1 aromatic heterocycles. The molecule has 0 spiro atoms. The first-order chi connectivity index (χ1) is 14.9. The van der Waals surface area contributed by atoms with Crippen molar-refractivity contribution in [2.24, 2.45) is 5.11 Å². The van der Waals surface area contributed by atoms with Gasteiger partial charge < -0.3 is 29.4 Å². The minimum Gasteiger partial charge on any atom is -0.389 e. The van der Waals surface area contributed by atoms with Crippen LogP contribution in [-0.4, -0.2) is 58.6 Å². The molecule has 2 heterocycles. The van der Waals surface area contributed by atoms with Crippen LogP contribution in [0.4, 0.5) is 4.39 Å². The number of ether oxygens (including phenoxy) is 1. The van der Waals surface area contributed by atoms with Crippen molar-refractivity contribution in [1.29, 1.82) is 0 Å². The quantitative estimate of drug-likeness (QED) is 0.0980. The van der Waals surface area contributed by atoms with Crippen LogP contribution in [0, 0.1) is 5.82 Å². The number of rotatable bonds is 9. The molecule has 1 aliphatic heterocycles. The number of aliphatic hydroxyl groups excluding tert-OH is 1. The van der Waals surface area contributed by atoms with Crippen molar-refractivity contribution in [1.82, 2.24) is 9.55 Å². The molecule has 0 radical (unpaired) electrons. The monoisotopic (exact) mass is 541 g/mol. The number of azide groups is 1. The fourth-order valence-corrected chi connectivity index (χ4v) is 5.72. The van der Waals surface area contributed by atoms with Gasteiger partial charge >= 0.3 is 29.2 Å². The minimum absolute atomic E-state index is 0.383. The molecular weight excluding hydrogens is 526 g/mol. The first-order valence-electron chi connectivity index (χ1n) is 8.10. The van der Waals surface area contributed by atoms with Crippen LogP contribution in [0.1, 0.15) is 13.2 Å². The first-order valence-corrected chi connectivity index (χ1v) is 12.6. The fraction of sp³-hybridized carbons (Fsp3) is 0.600. The largest absolute Gasteiger partial charge is 0.490 e. The molecule has 0 aliphatic carbocycles. The van der Waals surface area contributed by atoms with Crippen molar-refractivity contribution in [3.05, 3.63) is 43.3 Å². The number of nitrogens with one attached hydrogen (secondary N) is 1. The summed E-state index contributed by atoms with van der Waals surface area (Å²) in [6.07, 6.45) is -5.07. The topological polar surface area (TPSA) is 293 Å². The number of aromatic amines is 1. The molecule has 0 aromatic carbocycles. The van der Waals surface area contributed by atoms with Crippen LogP contribution in [0.25, 0.3) is 10.4 Å². The summed E-state index contributed by atoms with van der Waals surface area (Å²) < 4.78 is 64.5. The highest BCUT2D eigenvalue weighted by molar-refractivity contribution is 7.66. The summed E-state index contributed by atoms with van der Waals surface area (Å²) in [7, 11) is -17.0. The number of aromatic nitrogens is 2. The van der Waals surface area contributed by atoms with Crippen LogP contribution in [0.3, 0.4) is 0 Å². The summed E-state index contributed by atoms with van der Waals surface area (Å²) in [5.41, 5.74) is 4.09. The van der Waals surface area contributed by atoms with Crippen molar-refractivity contribution in [2.45, 2.75) is 30.9 Å². The van der Waals surface area contributed by atoms with Gasteiger partial charge in [0.1, 0.15) is 11.6 Å². The number of aliphatic hydroxyl groups is 1. The molecule has 6 atom stereocenters. The summed E-state index contributed by atoms with van der Waals surface area (Å²) >= 11 is 0. The van der Waals surface area contributed by atoms with E-state index >= 15 is 0 Å². The molecule has 2 unspecified atom stereocenters. The highest BCUT2D eigenvalue weighted by atomic mass is 31.3. The summed E-state index contributed by atoms with van der Waals surface area (Å²) in [6.45, 7) is -0.124. The molecule has 23 heteroatoms. The van der Waals surface area contributed by atoms with Gasteiger partial charge in [-0.2, -0.15) is 13.0 Å². The molecule has 6 N–H and O–H groups in total. The van der Waals surface area contributed by atoms with Gasteiger partial charge in [0.15, 0.2) is 6.23 Å². The Bertz CT molecular complexity index is 1220. The van der Waals surface area contributed by atoms with Crippen LogP contribution < -0.4 is 11.2 Å². The van der Waals surface area contributed by atoms with Crippen molar-refractivity contribution >= 4 is 23.5 Å². The van der Waals surface area contributed by atoms with Crippen molar-refractivity contribution in [3.8, 4) is 0 Å². The van der Waals surface area contributed by atoms with Gasteiger partial charge in [-0.05, 0) is 12.5 Å². The Balaban J connectivity index is 2.28. The van der Waals surface area contributed by atoms with Gasteiger partial charge in [0.2, 0.25) is 5.82 Å². The molecule has 0 amide bonds. The summed E-state index contributed by atoms with van der Waals surface area (Å²) in [4.78, 5) is 63.0. The van der Waals surface area contributed by atoms with Crippen molar-refractivity contribution < 1.29 is 60.6 Å². The van der Waals surface area contributed by atoms with Gasteiger partial charge in [0.05, 0.1) is 18.9 Å². The lowest BCUT2D eigenvalue weighted by atomic mass is 9.93. The lowest BCUT2D eigenvalue weighted by molar-refractivity contribution is -0.0481. The van der Waals surface area contributed by atoms with Gasteiger partial charge in [-0.3, -0.25) is 18.9 Å². The number of H-pyrrole nitrogens is 1. The molecular formula is C10H15FN5O14P3. The number of hydrogen-bond donors (Lipinski definition) is 6. The molecule has 19 nitrogen and oxygen atoms in total. The molecule has 0 saturated carbocycles. The van der Waals surface area contributed by atoms with Crippen LogP contribution >= 0.6 is 23.5 Å². The van der Waals surface area contributed by atoms with E-state index in [1.165, 1.54) is 0 Å². The summed E-state index contributed by atoms with van der Waals surface area (Å²) in [6, 6.07) is 0. The van der Waals surface area contributed by atoms with E-state index in [1.807, 2.05) is 0 Å². The molecule has 33 heavy (non-hydrogen) atoms. The van der Waals surface area contributed by atoms with Crippen LogP contribution in [0.5, 0.6) is 0 Å². The first kappa shape index (κ1) is 27.5. The van der Waals surface area contributed by atoms with Crippen LogP contribution in [-0.2, 0) is 31.6 Å². The highest BCUT2D eigenvalue weighted by Crippen LogP contribution is 2.66. The standard InChI is InChI=1S/C10H15FN5O14P3/c1-10(14-15-12)6(17)5(28-8(10)16-2-4(11)7(18)13-9(16)19)3-27-32(23,24)30-33(25,26)29-31(20,21)22/h2,5-6,8,17H,3H2,1H3,(H,23,24)(H,25,26)(H,13,18,19)(H2,20,21,22)/t5-,6-,8-,10-/m1/s1. The highest BCUT2D eigenvalue weighted by Gasteiger charge is 2.55. The predicted octanol–water partition coefficient (Wildman–Crippen LogP) is -0.654. The van der Waals surface area contributed by atoms with E-state index in [0.29, 0.717) is 10.8 Å². The molecule has 1 saturated heterocycles. The normalized spacial score (nSPS) is 29.1.